The SMILES string of the molecule is CCCCN(C)C(=O)c1cnc(N(C)c2ccccc2)cn1. The molecule has 0 bridgehead atoms. The van der Waals surface area contributed by atoms with Crippen LogP contribution in [0.3, 0.4) is 0 Å². The number of nitrogens with zero attached hydrogens (tertiary/aromatic N) is 4. The number of anilines is 2. The maximum absolute atomic E-state index is 12.2. The molecule has 2 rings (SSSR count). The maximum Gasteiger partial charge on any atom is 0.273 e. The van der Waals surface area contributed by atoms with E-state index in [0.29, 0.717) is 11.5 Å². The number of rotatable bonds is 6. The second-order valence-corrected chi connectivity index (χ2v) is 5.23. The lowest BCUT2D eigenvalue weighted by Crippen LogP contribution is -2.28. The van der Waals surface area contributed by atoms with Gasteiger partial charge in [-0.1, -0.05) is 31.5 Å². The van der Waals surface area contributed by atoms with E-state index >= 15 is 0 Å². The second kappa shape index (κ2) is 7.54. The van der Waals surface area contributed by atoms with E-state index in [1.807, 2.05) is 42.3 Å². The summed E-state index contributed by atoms with van der Waals surface area (Å²) in [6.07, 6.45) is 5.22. The average Bonchev–Trinajstić information content (AvgIpc) is 2.59. The van der Waals surface area contributed by atoms with Gasteiger partial charge in [-0.25, -0.2) is 9.97 Å². The van der Waals surface area contributed by atoms with E-state index in [1.54, 1.807) is 24.3 Å². The van der Waals surface area contributed by atoms with Crippen molar-refractivity contribution in [1.82, 2.24) is 14.9 Å². The van der Waals surface area contributed by atoms with Gasteiger partial charge in [0.15, 0.2) is 5.82 Å². The Balaban J connectivity index is 2.08. The predicted molar refractivity (Wildman–Crippen MR) is 88.4 cm³/mol. The van der Waals surface area contributed by atoms with E-state index in [1.165, 1.54) is 0 Å². The van der Waals surface area contributed by atoms with Crippen LogP contribution in [0.5, 0.6) is 0 Å². The minimum atomic E-state index is -0.0881. The van der Waals surface area contributed by atoms with Gasteiger partial charge in [0.25, 0.3) is 5.91 Å². The van der Waals surface area contributed by atoms with Crippen LogP contribution in [-0.2, 0) is 0 Å². The van der Waals surface area contributed by atoms with Crippen LogP contribution in [0.4, 0.5) is 11.5 Å². The van der Waals surface area contributed by atoms with Crippen molar-refractivity contribution in [2.75, 3.05) is 25.5 Å². The third-order valence-electron chi connectivity index (χ3n) is 3.54. The summed E-state index contributed by atoms with van der Waals surface area (Å²) < 4.78 is 0. The quantitative estimate of drug-likeness (QED) is 0.822. The third-order valence-corrected chi connectivity index (χ3v) is 3.54. The van der Waals surface area contributed by atoms with Crippen LogP contribution in [-0.4, -0.2) is 41.4 Å². The highest BCUT2D eigenvalue weighted by molar-refractivity contribution is 5.91. The molecule has 0 N–H and O–H groups in total. The molecule has 0 radical (unpaired) electrons. The van der Waals surface area contributed by atoms with Gasteiger partial charge in [0.2, 0.25) is 0 Å². The minimum absolute atomic E-state index is 0.0881. The number of unbranched alkanes of at least 4 members (excludes halogenated alkanes) is 1. The van der Waals surface area contributed by atoms with E-state index < -0.39 is 0 Å². The molecule has 5 nitrogen and oxygen atoms in total. The largest absolute Gasteiger partial charge is 0.340 e. The van der Waals surface area contributed by atoms with Crippen LogP contribution in [0, 0.1) is 0 Å². The van der Waals surface area contributed by atoms with Crippen molar-refractivity contribution in [3.8, 4) is 0 Å². The molecule has 22 heavy (non-hydrogen) atoms. The van der Waals surface area contributed by atoms with Crippen molar-refractivity contribution >= 4 is 17.4 Å². The smallest absolute Gasteiger partial charge is 0.273 e. The van der Waals surface area contributed by atoms with Crippen molar-refractivity contribution in [1.29, 1.82) is 0 Å². The van der Waals surface area contributed by atoms with Gasteiger partial charge in [0, 0.05) is 26.3 Å². The summed E-state index contributed by atoms with van der Waals surface area (Å²) in [5, 5.41) is 0. The lowest BCUT2D eigenvalue weighted by Gasteiger charge is -2.19. The number of amides is 1. The zero-order valence-electron chi connectivity index (χ0n) is 13.4. The fourth-order valence-corrected chi connectivity index (χ4v) is 2.08. The predicted octanol–water partition coefficient (Wildman–Crippen LogP) is 3.12. The first-order chi connectivity index (χ1) is 10.6. The molecule has 0 unspecified atom stereocenters. The van der Waals surface area contributed by atoms with Crippen LogP contribution in [0.2, 0.25) is 0 Å². The highest BCUT2D eigenvalue weighted by atomic mass is 16.2. The molecule has 0 aliphatic rings. The van der Waals surface area contributed by atoms with Crippen molar-refractivity contribution in [3.05, 3.63) is 48.4 Å². The molecule has 0 aliphatic heterocycles. The van der Waals surface area contributed by atoms with Crippen molar-refractivity contribution in [2.24, 2.45) is 0 Å². The Morgan fingerprint density at radius 2 is 1.82 bits per heavy atom. The molecule has 116 valence electrons. The number of hydrogen-bond donors (Lipinski definition) is 0. The van der Waals surface area contributed by atoms with E-state index in [2.05, 4.69) is 16.9 Å². The first-order valence-corrected chi connectivity index (χ1v) is 7.49. The summed E-state index contributed by atoms with van der Waals surface area (Å²) >= 11 is 0. The standard InChI is InChI=1S/C17H22N4O/c1-4-5-11-20(2)17(22)15-12-19-16(13-18-15)21(3)14-9-7-6-8-10-14/h6-10,12-13H,4-5,11H2,1-3H3. The van der Waals surface area contributed by atoms with Crippen molar-refractivity contribution < 1.29 is 4.79 Å². The van der Waals surface area contributed by atoms with Gasteiger partial charge in [-0.3, -0.25) is 4.79 Å². The number of benzene rings is 1. The summed E-state index contributed by atoms with van der Waals surface area (Å²) in [5.74, 6) is 0.619. The second-order valence-electron chi connectivity index (χ2n) is 5.23. The highest BCUT2D eigenvalue weighted by Gasteiger charge is 2.14. The monoisotopic (exact) mass is 298 g/mol. The van der Waals surface area contributed by atoms with Crippen LogP contribution in [0.15, 0.2) is 42.7 Å². The topological polar surface area (TPSA) is 49.3 Å². The average molecular weight is 298 g/mol. The molecule has 1 amide bonds. The van der Waals surface area contributed by atoms with Gasteiger partial charge in [0.1, 0.15) is 5.69 Å². The van der Waals surface area contributed by atoms with Crippen molar-refractivity contribution in [2.45, 2.75) is 19.8 Å². The first-order valence-electron chi connectivity index (χ1n) is 7.49. The molecule has 0 saturated heterocycles. The zero-order valence-corrected chi connectivity index (χ0v) is 13.4. The fourth-order valence-electron chi connectivity index (χ4n) is 2.08. The Morgan fingerprint density at radius 1 is 1.09 bits per heavy atom. The van der Waals surface area contributed by atoms with Crippen molar-refractivity contribution in [3.63, 3.8) is 0 Å². The molecule has 0 saturated carbocycles. The Bertz CT molecular complexity index is 598. The summed E-state index contributed by atoms with van der Waals surface area (Å²) in [5.41, 5.74) is 1.40. The normalized spacial score (nSPS) is 10.3. The minimum Gasteiger partial charge on any atom is -0.340 e. The summed E-state index contributed by atoms with van der Waals surface area (Å²) in [7, 11) is 3.72. The Hall–Kier alpha value is -2.43. The Labute approximate surface area is 131 Å². The van der Waals surface area contributed by atoms with Gasteiger partial charge in [-0.15, -0.1) is 0 Å². The summed E-state index contributed by atoms with van der Waals surface area (Å²) in [4.78, 5) is 24.4. The van der Waals surface area contributed by atoms with Crippen LogP contribution in [0.25, 0.3) is 0 Å². The molecule has 0 aliphatic carbocycles. The molecule has 1 heterocycles. The number of carbonyl (C=O) groups excluding carboxylic acids is 1. The lowest BCUT2D eigenvalue weighted by molar-refractivity contribution is 0.0787. The first kappa shape index (κ1) is 15.9. The maximum atomic E-state index is 12.2. The highest BCUT2D eigenvalue weighted by Crippen LogP contribution is 2.20. The fraction of sp³-hybridized carbons (Fsp3) is 0.353. The van der Waals surface area contributed by atoms with E-state index in [9.17, 15) is 4.79 Å². The summed E-state index contributed by atoms with van der Waals surface area (Å²) in [6.45, 7) is 2.84. The molecule has 0 fully saturated rings. The number of aromatic nitrogens is 2. The van der Waals surface area contributed by atoms with Gasteiger partial charge >= 0.3 is 0 Å². The van der Waals surface area contributed by atoms with Gasteiger partial charge < -0.3 is 9.80 Å². The Kier molecular flexibility index (Phi) is 5.47. The lowest BCUT2D eigenvalue weighted by atomic mass is 10.3. The number of hydrogen-bond acceptors (Lipinski definition) is 4. The van der Waals surface area contributed by atoms with Gasteiger partial charge in [0.05, 0.1) is 12.4 Å². The summed E-state index contributed by atoms with van der Waals surface area (Å²) in [6, 6.07) is 9.91. The third kappa shape index (κ3) is 3.81. The van der Waals surface area contributed by atoms with E-state index in [0.717, 1.165) is 25.1 Å². The molecule has 0 atom stereocenters. The van der Waals surface area contributed by atoms with Crippen LogP contribution < -0.4 is 4.90 Å². The van der Waals surface area contributed by atoms with E-state index in [4.69, 9.17) is 0 Å². The molecule has 1 aromatic carbocycles. The van der Waals surface area contributed by atoms with Crippen LogP contribution in [0.1, 0.15) is 30.3 Å². The zero-order chi connectivity index (χ0) is 15.9. The molecule has 5 heteroatoms. The number of carbonyl (C=O) groups is 1. The van der Waals surface area contributed by atoms with Crippen LogP contribution >= 0.6 is 0 Å². The van der Waals surface area contributed by atoms with Gasteiger partial charge in [-0.2, -0.15) is 0 Å². The molecular weight excluding hydrogens is 276 g/mol. The molecule has 0 spiro atoms. The molecular formula is C17H22N4O. The number of para-hydroxylation sites is 1. The molecule has 1 aromatic heterocycles. The van der Waals surface area contributed by atoms with Gasteiger partial charge in [-0.05, 0) is 18.6 Å². The molecule has 2 aromatic rings. The Morgan fingerprint density at radius 3 is 2.41 bits per heavy atom. The van der Waals surface area contributed by atoms with E-state index in [-0.39, 0.29) is 5.91 Å².